The molecule has 0 atom stereocenters. The minimum Gasteiger partial charge on any atom is -0.346 e. The van der Waals surface area contributed by atoms with Crippen molar-refractivity contribution < 1.29 is 8.78 Å². The largest absolute Gasteiger partial charge is 0.371 e. The maximum Gasteiger partial charge on any atom is 0.371 e. The fraction of sp³-hybridized carbons (Fsp3) is 0.182. The van der Waals surface area contributed by atoms with Crippen LogP contribution in [-0.4, -0.2) is 28.6 Å². The summed E-state index contributed by atoms with van der Waals surface area (Å²) >= 11 is 0. The number of benzene rings is 1. The predicted molar refractivity (Wildman–Crippen MR) is 66.9 cm³/mol. The van der Waals surface area contributed by atoms with Crippen LogP contribution >= 0.6 is 0 Å². The van der Waals surface area contributed by atoms with Crippen LogP contribution < -0.4 is 16.4 Å². The summed E-state index contributed by atoms with van der Waals surface area (Å²) in [5.41, 5.74) is -1.71. The molecule has 2 rings (SSSR count). The van der Waals surface area contributed by atoms with Crippen molar-refractivity contribution in [2.24, 2.45) is 0 Å². The molecule has 0 aliphatic heterocycles. The Morgan fingerprint density at radius 1 is 1.35 bits per heavy atom. The van der Waals surface area contributed by atoms with Gasteiger partial charge in [0.15, 0.2) is 5.82 Å². The van der Waals surface area contributed by atoms with Crippen LogP contribution in [0, 0.1) is 23.0 Å². The van der Waals surface area contributed by atoms with Crippen molar-refractivity contribution in [2.75, 3.05) is 24.8 Å². The van der Waals surface area contributed by atoms with Crippen molar-refractivity contribution in [3.63, 3.8) is 0 Å². The van der Waals surface area contributed by atoms with Gasteiger partial charge in [-0.25, -0.2) is 13.6 Å². The van der Waals surface area contributed by atoms with Gasteiger partial charge in [0, 0.05) is 20.2 Å². The molecule has 7 nitrogen and oxygen atoms in total. The number of nitrogens with zero attached hydrogens (tertiary/aromatic N) is 5. The Kier molecular flexibility index (Phi) is 3.15. The van der Waals surface area contributed by atoms with Crippen LogP contribution in [-0.2, 0) is 0 Å². The van der Waals surface area contributed by atoms with Crippen molar-refractivity contribution in [3.05, 3.63) is 39.8 Å². The highest BCUT2D eigenvalue weighted by Crippen LogP contribution is 2.17. The van der Waals surface area contributed by atoms with Gasteiger partial charge in [-0.2, -0.15) is 14.6 Å². The fourth-order valence-electron chi connectivity index (χ4n) is 1.61. The Balaban J connectivity index is 2.70. The van der Waals surface area contributed by atoms with Gasteiger partial charge in [-0.15, -0.1) is 5.10 Å². The summed E-state index contributed by atoms with van der Waals surface area (Å²) in [6.45, 7) is 0. The number of nitrogen functional groups attached to an aromatic ring is 1. The highest BCUT2D eigenvalue weighted by Gasteiger charge is 2.18. The topological polar surface area (TPSA) is 92.9 Å². The molecule has 0 unspecified atom stereocenters. The molecule has 2 N–H and O–H groups in total. The predicted octanol–water partition coefficient (Wildman–Crippen LogP) is -0.0363. The van der Waals surface area contributed by atoms with Crippen LogP contribution in [0.1, 0.15) is 5.56 Å². The van der Waals surface area contributed by atoms with E-state index in [-0.39, 0.29) is 5.95 Å². The van der Waals surface area contributed by atoms with E-state index in [0.717, 1.165) is 6.07 Å². The number of nitriles is 1. The third-order valence-corrected chi connectivity index (χ3v) is 2.58. The molecule has 2 aromatic rings. The van der Waals surface area contributed by atoms with Crippen LogP contribution in [0.2, 0.25) is 0 Å². The molecule has 9 heteroatoms. The molecule has 1 aromatic carbocycles. The summed E-state index contributed by atoms with van der Waals surface area (Å²) in [5, 5.41) is 12.4. The molecule has 0 radical (unpaired) electrons. The van der Waals surface area contributed by atoms with E-state index in [9.17, 15) is 13.6 Å². The first-order valence-corrected chi connectivity index (χ1v) is 5.40. The van der Waals surface area contributed by atoms with Gasteiger partial charge < -0.3 is 10.7 Å². The Bertz CT molecular complexity index is 770. The van der Waals surface area contributed by atoms with Gasteiger partial charge in [-0.1, -0.05) is 0 Å². The molecule has 1 aromatic heterocycles. The number of aromatic nitrogens is 3. The number of nitrogens with two attached hydrogens (primary N) is 1. The highest BCUT2D eigenvalue weighted by molar-refractivity contribution is 5.42. The Morgan fingerprint density at radius 2 is 2.00 bits per heavy atom. The van der Waals surface area contributed by atoms with Gasteiger partial charge in [0.25, 0.3) is 0 Å². The van der Waals surface area contributed by atoms with Crippen molar-refractivity contribution in [1.82, 2.24) is 14.5 Å². The lowest BCUT2D eigenvalue weighted by Crippen LogP contribution is -2.31. The lowest BCUT2D eigenvalue weighted by atomic mass is 10.2. The molecular formula is C11H10F2N6O. The van der Waals surface area contributed by atoms with Gasteiger partial charge in [-0.3, -0.25) is 0 Å². The van der Waals surface area contributed by atoms with E-state index in [0.29, 0.717) is 15.4 Å². The highest BCUT2D eigenvalue weighted by atomic mass is 19.1. The van der Waals surface area contributed by atoms with E-state index in [1.165, 1.54) is 11.0 Å². The molecule has 104 valence electrons. The third-order valence-electron chi connectivity index (χ3n) is 2.58. The SMILES string of the molecule is CN(C)c1nn(-c2cc(F)c(C#N)cc2F)c(=O)n1N. The number of halogens is 2. The van der Waals surface area contributed by atoms with E-state index < -0.39 is 28.6 Å². The monoisotopic (exact) mass is 280 g/mol. The summed E-state index contributed by atoms with van der Waals surface area (Å²) in [4.78, 5) is 13.3. The zero-order valence-corrected chi connectivity index (χ0v) is 10.6. The van der Waals surface area contributed by atoms with Crippen molar-refractivity contribution >= 4 is 5.95 Å². The average Bonchev–Trinajstić information content (AvgIpc) is 2.69. The number of hydrogen-bond acceptors (Lipinski definition) is 5. The molecule has 0 aliphatic carbocycles. The summed E-state index contributed by atoms with van der Waals surface area (Å²) in [5.74, 6) is 3.66. The molecular weight excluding hydrogens is 270 g/mol. The molecule has 0 saturated heterocycles. The van der Waals surface area contributed by atoms with Gasteiger partial charge in [-0.05, 0) is 6.07 Å². The van der Waals surface area contributed by atoms with E-state index in [4.69, 9.17) is 11.1 Å². The lowest BCUT2D eigenvalue weighted by molar-refractivity contribution is 0.581. The zero-order valence-electron chi connectivity index (χ0n) is 10.6. The number of hydrogen-bond donors (Lipinski definition) is 1. The van der Waals surface area contributed by atoms with E-state index in [1.54, 1.807) is 14.1 Å². The third kappa shape index (κ3) is 1.97. The fourth-order valence-corrected chi connectivity index (χ4v) is 1.61. The van der Waals surface area contributed by atoms with Crippen molar-refractivity contribution in [2.45, 2.75) is 0 Å². The average molecular weight is 280 g/mol. The molecule has 0 spiro atoms. The summed E-state index contributed by atoms with van der Waals surface area (Å²) in [6.07, 6.45) is 0. The second-order valence-corrected chi connectivity index (χ2v) is 4.15. The van der Waals surface area contributed by atoms with Crippen LogP contribution in [0.25, 0.3) is 5.69 Å². The second-order valence-electron chi connectivity index (χ2n) is 4.15. The maximum absolute atomic E-state index is 13.8. The summed E-state index contributed by atoms with van der Waals surface area (Å²) in [6, 6.07) is 2.92. The molecule has 1 heterocycles. The molecule has 0 amide bonds. The van der Waals surface area contributed by atoms with E-state index in [1.807, 2.05) is 0 Å². The smallest absolute Gasteiger partial charge is 0.346 e. The van der Waals surface area contributed by atoms with Gasteiger partial charge in [0.2, 0.25) is 5.95 Å². The Labute approximate surface area is 112 Å². The van der Waals surface area contributed by atoms with Gasteiger partial charge in [0.05, 0.1) is 5.56 Å². The van der Waals surface area contributed by atoms with Crippen LogP contribution in [0.5, 0.6) is 0 Å². The van der Waals surface area contributed by atoms with Gasteiger partial charge >= 0.3 is 5.69 Å². The van der Waals surface area contributed by atoms with Crippen LogP contribution in [0.3, 0.4) is 0 Å². The van der Waals surface area contributed by atoms with E-state index in [2.05, 4.69) is 5.10 Å². The summed E-state index contributed by atoms with van der Waals surface area (Å²) in [7, 11) is 3.18. The number of anilines is 1. The molecule has 0 saturated carbocycles. The minimum absolute atomic E-state index is 0.0687. The Hall–Kier alpha value is -2.89. The second kappa shape index (κ2) is 4.65. The molecule has 0 bridgehead atoms. The first-order valence-electron chi connectivity index (χ1n) is 5.40. The van der Waals surface area contributed by atoms with Crippen LogP contribution in [0.15, 0.2) is 16.9 Å². The molecule has 0 aliphatic rings. The normalized spacial score (nSPS) is 10.3. The quantitative estimate of drug-likeness (QED) is 0.779. The minimum atomic E-state index is -0.951. The van der Waals surface area contributed by atoms with E-state index >= 15 is 0 Å². The maximum atomic E-state index is 13.8. The zero-order chi connectivity index (χ0) is 15.0. The summed E-state index contributed by atoms with van der Waals surface area (Å²) < 4.78 is 28.7. The first-order chi connectivity index (χ1) is 9.36. The molecule has 0 fully saturated rings. The molecule has 20 heavy (non-hydrogen) atoms. The van der Waals surface area contributed by atoms with Crippen LogP contribution in [0.4, 0.5) is 14.7 Å². The van der Waals surface area contributed by atoms with Gasteiger partial charge in [0.1, 0.15) is 17.6 Å². The number of rotatable bonds is 2. The standard InChI is InChI=1S/C11H10F2N6O/c1-17(2)10-16-19(11(20)18(10)15)9-4-7(12)6(5-14)3-8(9)13/h3-4H,15H2,1-2H3. The van der Waals surface area contributed by atoms with Crippen molar-refractivity contribution in [1.29, 1.82) is 5.26 Å². The lowest BCUT2D eigenvalue weighted by Gasteiger charge is -2.08. The Morgan fingerprint density at radius 3 is 2.50 bits per heavy atom. The van der Waals surface area contributed by atoms with Crippen molar-refractivity contribution in [3.8, 4) is 11.8 Å². The first kappa shape index (κ1) is 13.5.